The van der Waals surface area contributed by atoms with Crippen LogP contribution in [0.25, 0.3) is 0 Å². The summed E-state index contributed by atoms with van der Waals surface area (Å²) in [5.74, 6) is 0. The van der Waals surface area contributed by atoms with E-state index in [1.807, 2.05) is 48.5 Å². The SMILES string of the molecule is CC(Nc1cccc(CO)c1)c1ccc(C#N)cc1. The van der Waals surface area contributed by atoms with Gasteiger partial charge in [0.2, 0.25) is 0 Å². The fraction of sp³-hybridized carbons (Fsp3) is 0.188. The summed E-state index contributed by atoms with van der Waals surface area (Å²) < 4.78 is 0. The highest BCUT2D eigenvalue weighted by atomic mass is 16.3. The molecule has 0 spiro atoms. The first-order valence-electron chi connectivity index (χ1n) is 6.19. The van der Waals surface area contributed by atoms with Crippen molar-refractivity contribution in [1.82, 2.24) is 0 Å². The number of nitriles is 1. The molecule has 2 aromatic rings. The molecule has 0 radical (unpaired) electrons. The highest BCUT2D eigenvalue weighted by Crippen LogP contribution is 2.20. The number of nitrogens with one attached hydrogen (secondary N) is 1. The predicted molar refractivity (Wildman–Crippen MR) is 75.6 cm³/mol. The first kappa shape index (κ1) is 13.1. The number of aliphatic hydroxyl groups excluding tert-OH is 1. The van der Waals surface area contributed by atoms with Crippen molar-refractivity contribution in [2.24, 2.45) is 0 Å². The van der Waals surface area contributed by atoms with Gasteiger partial charge in [-0.2, -0.15) is 5.26 Å². The van der Waals surface area contributed by atoms with Crippen LogP contribution in [0.3, 0.4) is 0 Å². The lowest BCUT2D eigenvalue weighted by Crippen LogP contribution is -2.06. The summed E-state index contributed by atoms with van der Waals surface area (Å²) in [5, 5.41) is 21.3. The Hall–Kier alpha value is -2.31. The van der Waals surface area contributed by atoms with Crippen molar-refractivity contribution in [3.8, 4) is 6.07 Å². The molecule has 0 heterocycles. The van der Waals surface area contributed by atoms with E-state index in [1.54, 1.807) is 0 Å². The molecule has 0 aliphatic heterocycles. The van der Waals surface area contributed by atoms with Crippen LogP contribution >= 0.6 is 0 Å². The molecular weight excluding hydrogens is 236 g/mol. The van der Waals surface area contributed by atoms with Crippen molar-refractivity contribution in [2.75, 3.05) is 5.32 Å². The highest BCUT2D eigenvalue weighted by molar-refractivity contribution is 5.48. The average Bonchev–Trinajstić information content (AvgIpc) is 2.47. The van der Waals surface area contributed by atoms with Crippen molar-refractivity contribution >= 4 is 5.69 Å². The summed E-state index contributed by atoms with van der Waals surface area (Å²) >= 11 is 0. The van der Waals surface area contributed by atoms with Gasteiger partial charge >= 0.3 is 0 Å². The summed E-state index contributed by atoms with van der Waals surface area (Å²) in [5.41, 5.74) is 3.65. The van der Waals surface area contributed by atoms with E-state index in [4.69, 9.17) is 10.4 Å². The van der Waals surface area contributed by atoms with Gasteiger partial charge in [0.05, 0.1) is 18.2 Å². The van der Waals surface area contributed by atoms with Crippen LogP contribution < -0.4 is 5.32 Å². The lowest BCUT2D eigenvalue weighted by atomic mass is 10.1. The second kappa shape index (κ2) is 6.03. The lowest BCUT2D eigenvalue weighted by Gasteiger charge is -2.16. The van der Waals surface area contributed by atoms with E-state index >= 15 is 0 Å². The Kier molecular flexibility index (Phi) is 4.17. The molecule has 0 bridgehead atoms. The van der Waals surface area contributed by atoms with Crippen LogP contribution in [0.2, 0.25) is 0 Å². The van der Waals surface area contributed by atoms with Gasteiger partial charge in [-0.3, -0.25) is 0 Å². The van der Waals surface area contributed by atoms with Crippen molar-refractivity contribution in [2.45, 2.75) is 19.6 Å². The molecule has 1 unspecified atom stereocenters. The van der Waals surface area contributed by atoms with Gasteiger partial charge in [-0.1, -0.05) is 24.3 Å². The number of nitrogens with zero attached hydrogens (tertiary/aromatic N) is 1. The van der Waals surface area contributed by atoms with Gasteiger partial charge in [0.1, 0.15) is 0 Å². The smallest absolute Gasteiger partial charge is 0.0991 e. The molecule has 0 aromatic heterocycles. The van der Waals surface area contributed by atoms with Crippen molar-refractivity contribution in [3.63, 3.8) is 0 Å². The quantitative estimate of drug-likeness (QED) is 0.878. The number of hydrogen-bond donors (Lipinski definition) is 2. The van der Waals surface area contributed by atoms with Crippen LogP contribution in [0, 0.1) is 11.3 Å². The van der Waals surface area contributed by atoms with Crippen LogP contribution in [-0.4, -0.2) is 5.11 Å². The predicted octanol–water partition coefficient (Wildman–Crippen LogP) is 3.22. The van der Waals surface area contributed by atoms with E-state index in [0.717, 1.165) is 16.8 Å². The standard InChI is InChI=1S/C16H16N2O/c1-12(15-7-5-13(10-17)6-8-15)18-16-4-2-3-14(9-16)11-19/h2-9,12,18-19H,11H2,1H3. The largest absolute Gasteiger partial charge is 0.392 e. The molecule has 0 saturated carbocycles. The molecular formula is C16H16N2O. The van der Waals surface area contributed by atoms with E-state index < -0.39 is 0 Å². The van der Waals surface area contributed by atoms with Crippen LogP contribution in [0.5, 0.6) is 0 Å². The van der Waals surface area contributed by atoms with Crippen molar-refractivity contribution < 1.29 is 5.11 Å². The van der Waals surface area contributed by atoms with Crippen LogP contribution in [-0.2, 0) is 6.61 Å². The summed E-state index contributed by atoms with van der Waals surface area (Å²) in [6, 6.07) is 17.5. The molecule has 0 amide bonds. The number of rotatable bonds is 4. The maximum Gasteiger partial charge on any atom is 0.0991 e. The van der Waals surface area contributed by atoms with E-state index in [0.29, 0.717) is 5.56 Å². The molecule has 0 aliphatic rings. The Morgan fingerprint density at radius 2 is 1.95 bits per heavy atom. The third kappa shape index (κ3) is 3.34. The molecule has 3 nitrogen and oxygen atoms in total. The number of benzene rings is 2. The molecule has 0 fully saturated rings. The second-order valence-corrected chi connectivity index (χ2v) is 4.46. The number of anilines is 1. The van der Waals surface area contributed by atoms with E-state index in [2.05, 4.69) is 18.3 Å². The van der Waals surface area contributed by atoms with Gasteiger partial charge in [-0.25, -0.2) is 0 Å². The Labute approximate surface area is 113 Å². The Bertz CT molecular complexity index is 584. The minimum atomic E-state index is 0.0424. The van der Waals surface area contributed by atoms with Gasteiger partial charge in [0.15, 0.2) is 0 Å². The van der Waals surface area contributed by atoms with Crippen LogP contribution in [0.4, 0.5) is 5.69 Å². The maximum absolute atomic E-state index is 9.11. The summed E-state index contributed by atoms with van der Waals surface area (Å²) in [7, 11) is 0. The monoisotopic (exact) mass is 252 g/mol. The van der Waals surface area contributed by atoms with Gasteiger partial charge in [0, 0.05) is 11.7 Å². The fourth-order valence-electron chi connectivity index (χ4n) is 1.94. The molecule has 1 atom stereocenters. The van der Waals surface area contributed by atoms with Gasteiger partial charge in [-0.05, 0) is 42.3 Å². The summed E-state index contributed by atoms with van der Waals surface area (Å²) in [6.07, 6.45) is 0. The second-order valence-electron chi connectivity index (χ2n) is 4.46. The van der Waals surface area contributed by atoms with Gasteiger partial charge < -0.3 is 10.4 Å². The molecule has 0 aliphatic carbocycles. The topological polar surface area (TPSA) is 56.0 Å². The molecule has 0 saturated heterocycles. The normalized spacial score (nSPS) is 11.6. The van der Waals surface area contributed by atoms with Gasteiger partial charge in [0.25, 0.3) is 0 Å². The Balaban J connectivity index is 2.11. The van der Waals surface area contributed by atoms with Crippen molar-refractivity contribution in [1.29, 1.82) is 5.26 Å². The summed E-state index contributed by atoms with van der Waals surface area (Å²) in [4.78, 5) is 0. The third-order valence-electron chi connectivity index (χ3n) is 3.03. The zero-order valence-electron chi connectivity index (χ0n) is 10.8. The third-order valence-corrected chi connectivity index (χ3v) is 3.03. The minimum Gasteiger partial charge on any atom is -0.392 e. The highest BCUT2D eigenvalue weighted by Gasteiger charge is 2.05. The van der Waals surface area contributed by atoms with Crippen LogP contribution in [0.15, 0.2) is 48.5 Å². The zero-order valence-corrected chi connectivity index (χ0v) is 10.8. The van der Waals surface area contributed by atoms with Gasteiger partial charge in [-0.15, -0.1) is 0 Å². The molecule has 2 aromatic carbocycles. The first-order chi connectivity index (χ1) is 9.22. The first-order valence-corrected chi connectivity index (χ1v) is 6.19. The number of hydrogen-bond acceptors (Lipinski definition) is 3. The van der Waals surface area contributed by atoms with Crippen molar-refractivity contribution in [3.05, 3.63) is 65.2 Å². The van der Waals surface area contributed by atoms with E-state index in [-0.39, 0.29) is 12.6 Å². The van der Waals surface area contributed by atoms with E-state index in [9.17, 15) is 0 Å². The summed E-state index contributed by atoms with van der Waals surface area (Å²) in [6.45, 7) is 2.10. The number of aliphatic hydroxyl groups is 1. The van der Waals surface area contributed by atoms with E-state index in [1.165, 1.54) is 0 Å². The molecule has 96 valence electrons. The Morgan fingerprint density at radius 1 is 1.21 bits per heavy atom. The lowest BCUT2D eigenvalue weighted by molar-refractivity contribution is 0.282. The molecule has 2 N–H and O–H groups in total. The molecule has 2 rings (SSSR count). The maximum atomic E-state index is 9.11. The Morgan fingerprint density at radius 3 is 2.58 bits per heavy atom. The fourth-order valence-corrected chi connectivity index (χ4v) is 1.94. The van der Waals surface area contributed by atoms with Crippen LogP contribution in [0.1, 0.15) is 29.7 Å². The minimum absolute atomic E-state index is 0.0424. The average molecular weight is 252 g/mol. The zero-order chi connectivity index (χ0) is 13.7. The molecule has 19 heavy (non-hydrogen) atoms. The molecule has 3 heteroatoms.